The summed E-state index contributed by atoms with van der Waals surface area (Å²) in [7, 11) is 0. The highest BCUT2D eigenvalue weighted by atomic mass is 16.3. The molecular formula is C51H30N2O2. The first-order valence-electron chi connectivity index (χ1n) is 18.6. The largest absolute Gasteiger partial charge is 0.456 e. The Morgan fingerprint density at radius 2 is 1.04 bits per heavy atom. The fraction of sp³-hybridized carbons (Fsp3) is 0. The first-order chi connectivity index (χ1) is 27.2. The number of rotatable bonds is 4. The van der Waals surface area contributed by atoms with Crippen molar-refractivity contribution in [2.75, 3.05) is 4.90 Å². The van der Waals surface area contributed by atoms with Crippen LogP contribution in [0.25, 0.3) is 98.4 Å². The van der Waals surface area contributed by atoms with Crippen LogP contribution in [-0.2, 0) is 0 Å². The normalized spacial score (nSPS) is 12.0. The van der Waals surface area contributed by atoms with Crippen LogP contribution in [0.3, 0.4) is 0 Å². The van der Waals surface area contributed by atoms with Crippen LogP contribution < -0.4 is 4.90 Å². The molecule has 0 aliphatic heterocycles. The molecule has 0 N–H and O–H groups in total. The topological polar surface area (TPSA) is 42.4 Å². The van der Waals surface area contributed by atoms with E-state index in [1.165, 1.54) is 43.1 Å². The van der Waals surface area contributed by atoms with Gasteiger partial charge >= 0.3 is 0 Å². The molecule has 2 heterocycles. The summed E-state index contributed by atoms with van der Waals surface area (Å²) < 4.78 is 13.2. The lowest BCUT2D eigenvalue weighted by Gasteiger charge is -2.28. The van der Waals surface area contributed by atoms with Crippen molar-refractivity contribution in [1.29, 1.82) is 0 Å². The molecule has 2 aromatic heterocycles. The maximum atomic E-state index is 6.70. The predicted molar refractivity (Wildman–Crippen MR) is 229 cm³/mol. The summed E-state index contributed by atoms with van der Waals surface area (Å²) in [6, 6.07) is 64.6. The number of hydrogen-bond acceptors (Lipinski definition) is 4. The van der Waals surface area contributed by atoms with Crippen LogP contribution in [0.4, 0.5) is 17.1 Å². The van der Waals surface area contributed by atoms with E-state index in [0.29, 0.717) is 5.89 Å². The Labute approximate surface area is 315 Å². The van der Waals surface area contributed by atoms with Gasteiger partial charge in [-0.15, -0.1) is 0 Å². The molecule has 12 rings (SSSR count). The summed E-state index contributed by atoms with van der Waals surface area (Å²) in [5, 5.41) is 13.9. The third kappa shape index (κ3) is 4.55. The van der Waals surface area contributed by atoms with Crippen molar-refractivity contribution in [3.8, 4) is 11.5 Å². The van der Waals surface area contributed by atoms with Gasteiger partial charge in [-0.1, -0.05) is 127 Å². The van der Waals surface area contributed by atoms with Crippen LogP contribution in [0.5, 0.6) is 0 Å². The van der Waals surface area contributed by atoms with Crippen LogP contribution in [-0.4, -0.2) is 4.98 Å². The zero-order valence-corrected chi connectivity index (χ0v) is 29.5. The van der Waals surface area contributed by atoms with Gasteiger partial charge in [0.2, 0.25) is 5.89 Å². The second-order valence-electron chi connectivity index (χ2n) is 14.3. The molecule has 4 nitrogen and oxygen atoms in total. The number of hydrogen-bond donors (Lipinski definition) is 0. The van der Waals surface area contributed by atoms with Crippen molar-refractivity contribution < 1.29 is 8.83 Å². The van der Waals surface area contributed by atoms with E-state index in [4.69, 9.17) is 13.8 Å². The standard InChI is InChI=1S/C51H30N2O2/c1-2-12-35-29-36(23-19-31(35)9-1)53(45-17-7-13-34-21-25-40-38-14-5-3-10-32(38)20-26-41(40)48(34)45)37-24-27-42-47(30-37)54-46-18-8-16-43(49(42)46)51-52-44-28-22-33-11-4-6-15-39(33)50(44)55-51/h1-30H. The average Bonchev–Trinajstić information content (AvgIpc) is 3.86. The third-order valence-corrected chi connectivity index (χ3v) is 11.2. The van der Waals surface area contributed by atoms with Gasteiger partial charge in [0.15, 0.2) is 5.58 Å². The molecule has 12 aromatic rings. The quantitative estimate of drug-likeness (QED) is 0.171. The van der Waals surface area contributed by atoms with E-state index in [1.54, 1.807) is 0 Å². The van der Waals surface area contributed by atoms with Crippen LogP contribution in [0.2, 0.25) is 0 Å². The first-order valence-corrected chi connectivity index (χ1v) is 18.6. The highest BCUT2D eigenvalue weighted by Crippen LogP contribution is 2.46. The predicted octanol–water partition coefficient (Wildman–Crippen LogP) is 14.6. The van der Waals surface area contributed by atoms with Crippen molar-refractivity contribution >= 4 is 104 Å². The van der Waals surface area contributed by atoms with Crippen LogP contribution in [0.1, 0.15) is 0 Å². The van der Waals surface area contributed by atoms with Crippen LogP contribution >= 0.6 is 0 Å². The molecular weight excluding hydrogens is 673 g/mol. The van der Waals surface area contributed by atoms with Crippen molar-refractivity contribution in [1.82, 2.24) is 4.98 Å². The Morgan fingerprint density at radius 1 is 0.382 bits per heavy atom. The minimum absolute atomic E-state index is 0.580. The lowest BCUT2D eigenvalue weighted by Crippen LogP contribution is -2.10. The second-order valence-corrected chi connectivity index (χ2v) is 14.3. The highest BCUT2D eigenvalue weighted by molar-refractivity contribution is 6.22. The fourth-order valence-electron chi connectivity index (χ4n) is 8.69. The Morgan fingerprint density at radius 3 is 1.95 bits per heavy atom. The van der Waals surface area contributed by atoms with Gasteiger partial charge in [-0.2, -0.15) is 0 Å². The molecule has 0 aliphatic rings. The Kier molecular flexibility index (Phi) is 6.31. The maximum absolute atomic E-state index is 6.70. The highest BCUT2D eigenvalue weighted by Gasteiger charge is 2.22. The maximum Gasteiger partial charge on any atom is 0.228 e. The molecule has 55 heavy (non-hydrogen) atoms. The molecule has 0 bridgehead atoms. The summed E-state index contributed by atoms with van der Waals surface area (Å²) in [5.74, 6) is 0.580. The molecule has 0 fully saturated rings. The molecule has 4 heteroatoms. The minimum atomic E-state index is 0.580. The first kappa shape index (κ1) is 30.1. The zero-order chi connectivity index (χ0) is 36.0. The molecule has 0 saturated heterocycles. The van der Waals surface area contributed by atoms with E-state index in [1.807, 2.05) is 30.3 Å². The van der Waals surface area contributed by atoms with Gasteiger partial charge < -0.3 is 13.7 Å². The molecule has 0 saturated carbocycles. The molecule has 10 aromatic carbocycles. The number of oxazole rings is 1. The average molecular weight is 703 g/mol. The SMILES string of the molecule is c1ccc2cc(N(c3ccc4c(c3)oc3cccc(-c5nc6ccc7ccccc7c6o5)c34)c3cccc4ccc5c6ccccc6ccc5c34)ccc2c1. The van der Waals surface area contributed by atoms with Gasteiger partial charge in [-0.05, 0) is 91.6 Å². The summed E-state index contributed by atoms with van der Waals surface area (Å²) in [5.41, 5.74) is 7.29. The second kappa shape index (κ2) is 11.5. The minimum Gasteiger partial charge on any atom is -0.456 e. The molecule has 0 unspecified atom stereocenters. The van der Waals surface area contributed by atoms with Gasteiger partial charge in [-0.3, -0.25) is 0 Å². The van der Waals surface area contributed by atoms with E-state index in [2.05, 4.69) is 157 Å². The molecule has 0 radical (unpaired) electrons. The van der Waals surface area contributed by atoms with Gasteiger partial charge in [0.1, 0.15) is 16.7 Å². The third-order valence-electron chi connectivity index (χ3n) is 11.2. The van der Waals surface area contributed by atoms with Gasteiger partial charge in [0, 0.05) is 44.5 Å². The summed E-state index contributed by atoms with van der Waals surface area (Å²) in [6.07, 6.45) is 0. The van der Waals surface area contributed by atoms with Crippen LogP contribution in [0, 0.1) is 0 Å². The summed E-state index contributed by atoms with van der Waals surface area (Å²) in [4.78, 5) is 7.35. The monoisotopic (exact) mass is 702 g/mol. The van der Waals surface area contributed by atoms with E-state index < -0.39 is 0 Å². The molecule has 0 amide bonds. The van der Waals surface area contributed by atoms with E-state index in [0.717, 1.165) is 66.4 Å². The van der Waals surface area contributed by atoms with Crippen molar-refractivity contribution in [2.45, 2.75) is 0 Å². The van der Waals surface area contributed by atoms with Crippen molar-refractivity contribution in [2.24, 2.45) is 0 Å². The van der Waals surface area contributed by atoms with E-state index >= 15 is 0 Å². The molecule has 0 aliphatic carbocycles. The van der Waals surface area contributed by atoms with Crippen molar-refractivity contribution in [3.63, 3.8) is 0 Å². The van der Waals surface area contributed by atoms with Gasteiger partial charge in [0.25, 0.3) is 0 Å². The zero-order valence-electron chi connectivity index (χ0n) is 29.5. The number of benzene rings is 10. The summed E-state index contributed by atoms with van der Waals surface area (Å²) in [6.45, 7) is 0. The van der Waals surface area contributed by atoms with Gasteiger partial charge in [0.05, 0.1) is 5.69 Å². The fourth-order valence-corrected chi connectivity index (χ4v) is 8.69. The lowest BCUT2D eigenvalue weighted by molar-refractivity contribution is 0.623. The number of fused-ring (bicyclic) bond motifs is 12. The molecule has 0 spiro atoms. The summed E-state index contributed by atoms with van der Waals surface area (Å²) >= 11 is 0. The van der Waals surface area contributed by atoms with E-state index in [9.17, 15) is 0 Å². The smallest absolute Gasteiger partial charge is 0.228 e. The van der Waals surface area contributed by atoms with E-state index in [-0.39, 0.29) is 0 Å². The molecule has 256 valence electrons. The number of nitrogens with zero attached hydrogens (tertiary/aromatic N) is 2. The van der Waals surface area contributed by atoms with Crippen molar-refractivity contribution in [3.05, 3.63) is 182 Å². The number of furan rings is 1. The molecule has 0 atom stereocenters. The Bertz CT molecular complexity index is 3520. The van der Waals surface area contributed by atoms with Gasteiger partial charge in [-0.25, -0.2) is 4.98 Å². The van der Waals surface area contributed by atoms with Crippen LogP contribution in [0.15, 0.2) is 191 Å². The number of aromatic nitrogens is 1. The lowest BCUT2D eigenvalue weighted by atomic mass is 9.95. The Balaban J connectivity index is 1.09. The number of anilines is 3. The Hall–Kier alpha value is -7.43.